The minimum absolute atomic E-state index is 0.0244. The van der Waals surface area contributed by atoms with E-state index in [2.05, 4.69) is 81.4 Å². The normalized spacial score (nSPS) is 20.1. The van der Waals surface area contributed by atoms with Gasteiger partial charge in [-0.15, -0.1) is 0 Å². The molecule has 2 unspecified atom stereocenters. The summed E-state index contributed by atoms with van der Waals surface area (Å²) in [6.07, 6.45) is 1.75. The molecule has 39 heavy (non-hydrogen) atoms. The summed E-state index contributed by atoms with van der Waals surface area (Å²) in [5.41, 5.74) is 5.36. The monoisotopic (exact) mass is 530 g/mol. The maximum atomic E-state index is 13.8. The lowest BCUT2D eigenvalue weighted by Crippen LogP contribution is -2.24. The second-order valence-electron chi connectivity index (χ2n) is 13.4. The van der Waals surface area contributed by atoms with Crippen LogP contribution in [-0.2, 0) is 9.59 Å². The number of benzene rings is 2. The smallest absolute Gasteiger partial charge is 0.340 e. The lowest BCUT2D eigenvalue weighted by Gasteiger charge is -2.25. The molecule has 2 bridgehead atoms. The van der Waals surface area contributed by atoms with Gasteiger partial charge in [0, 0.05) is 0 Å². The van der Waals surface area contributed by atoms with Crippen LogP contribution >= 0.6 is 0 Å². The van der Waals surface area contributed by atoms with E-state index in [-0.39, 0.29) is 17.3 Å². The topological polar surface area (TPSA) is 52.6 Å². The van der Waals surface area contributed by atoms with E-state index in [0.717, 1.165) is 35.1 Å². The van der Waals surface area contributed by atoms with Crippen LogP contribution in [-0.4, -0.2) is 11.9 Å². The zero-order valence-electron chi connectivity index (χ0n) is 25.5. The molecule has 0 aromatic heterocycles. The van der Waals surface area contributed by atoms with Gasteiger partial charge in [-0.25, -0.2) is 9.59 Å². The molecule has 2 aliphatic carbocycles. The fourth-order valence-corrected chi connectivity index (χ4v) is 6.30. The van der Waals surface area contributed by atoms with Gasteiger partial charge in [0.1, 0.15) is 11.5 Å². The summed E-state index contributed by atoms with van der Waals surface area (Å²) in [5.74, 6) is 1.44. The molecule has 0 heterocycles. The van der Waals surface area contributed by atoms with Gasteiger partial charge in [-0.05, 0) is 100 Å². The van der Waals surface area contributed by atoms with Gasteiger partial charge < -0.3 is 9.47 Å². The molecule has 4 rings (SSSR count). The first kappa shape index (κ1) is 29.1. The highest BCUT2D eigenvalue weighted by molar-refractivity contribution is 6.04. The van der Waals surface area contributed by atoms with Crippen LogP contribution in [0.5, 0.6) is 11.5 Å². The molecule has 0 amide bonds. The Kier molecular flexibility index (Phi) is 8.17. The van der Waals surface area contributed by atoms with Crippen molar-refractivity contribution in [2.24, 2.45) is 17.3 Å². The molecule has 4 heteroatoms. The molecular weight excluding hydrogens is 484 g/mol. The van der Waals surface area contributed by atoms with Crippen LogP contribution in [0.2, 0.25) is 0 Å². The van der Waals surface area contributed by atoms with E-state index in [1.165, 1.54) is 0 Å². The van der Waals surface area contributed by atoms with E-state index in [1.54, 1.807) is 0 Å². The van der Waals surface area contributed by atoms with E-state index in [4.69, 9.17) is 9.47 Å². The van der Waals surface area contributed by atoms with Gasteiger partial charge >= 0.3 is 11.9 Å². The number of esters is 2. The van der Waals surface area contributed by atoms with E-state index >= 15 is 0 Å². The minimum Gasteiger partial charge on any atom is -0.423 e. The van der Waals surface area contributed by atoms with Crippen LogP contribution < -0.4 is 9.47 Å². The van der Waals surface area contributed by atoms with Crippen molar-refractivity contribution in [3.8, 4) is 11.5 Å². The van der Waals surface area contributed by atoms with Gasteiger partial charge in [0.25, 0.3) is 0 Å². The summed E-state index contributed by atoms with van der Waals surface area (Å²) >= 11 is 0. The van der Waals surface area contributed by atoms with E-state index in [1.807, 2.05) is 24.3 Å². The van der Waals surface area contributed by atoms with Crippen molar-refractivity contribution >= 4 is 11.9 Å². The standard InChI is InChI=1S/C35H46O4/c1-19(2)23-13-24(20(3)4)16-27(15-23)38-33(36)31-29-11-12-30(35(29,9)10)32(31)34(37)39-28-17-25(21(5)6)14-26(18-28)22(7)8/h13-22,29-30H,11-12H2,1-10H3. The number of ether oxygens (including phenoxy) is 2. The van der Waals surface area contributed by atoms with Crippen LogP contribution in [0.1, 0.15) is 128 Å². The number of fused-ring (bicyclic) bond motifs is 2. The summed E-state index contributed by atoms with van der Waals surface area (Å²) in [6.45, 7) is 21.4. The Morgan fingerprint density at radius 3 is 1.13 bits per heavy atom. The van der Waals surface area contributed by atoms with Crippen molar-refractivity contribution in [3.05, 3.63) is 69.8 Å². The third kappa shape index (κ3) is 5.71. The first-order valence-electron chi connectivity index (χ1n) is 14.7. The van der Waals surface area contributed by atoms with E-state index in [0.29, 0.717) is 46.3 Å². The lowest BCUT2D eigenvalue weighted by atomic mass is 9.79. The van der Waals surface area contributed by atoms with Crippen molar-refractivity contribution in [2.45, 2.75) is 106 Å². The minimum atomic E-state index is -0.420. The van der Waals surface area contributed by atoms with Crippen LogP contribution in [0.3, 0.4) is 0 Å². The van der Waals surface area contributed by atoms with Gasteiger partial charge in [-0.2, -0.15) is 0 Å². The number of hydrogen-bond donors (Lipinski definition) is 0. The average Bonchev–Trinajstić information content (AvgIpc) is 3.27. The number of carbonyl (C=O) groups excluding carboxylic acids is 2. The van der Waals surface area contributed by atoms with Gasteiger partial charge in [0.2, 0.25) is 0 Å². The predicted molar refractivity (Wildman–Crippen MR) is 158 cm³/mol. The van der Waals surface area contributed by atoms with Crippen LogP contribution in [0.4, 0.5) is 0 Å². The number of hydrogen-bond acceptors (Lipinski definition) is 4. The summed E-state index contributed by atoms with van der Waals surface area (Å²) in [6, 6.07) is 12.2. The molecule has 2 aromatic carbocycles. The second-order valence-corrected chi connectivity index (χ2v) is 13.4. The molecule has 4 nitrogen and oxygen atoms in total. The Morgan fingerprint density at radius 2 is 0.872 bits per heavy atom. The number of rotatable bonds is 8. The molecular formula is C35H46O4. The summed E-state index contributed by atoms with van der Waals surface area (Å²) in [7, 11) is 0. The summed E-state index contributed by atoms with van der Waals surface area (Å²) in [5, 5.41) is 0. The predicted octanol–water partition coefficient (Wildman–Crippen LogP) is 9.05. The van der Waals surface area contributed by atoms with Crippen LogP contribution in [0.25, 0.3) is 0 Å². The molecule has 0 N–H and O–H groups in total. The summed E-state index contributed by atoms with van der Waals surface area (Å²) in [4.78, 5) is 27.6. The third-order valence-corrected chi connectivity index (χ3v) is 8.96. The first-order chi connectivity index (χ1) is 18.2. The van der Waals surface area contributed by atoms with Gasteiger partial charge in [0.05, 0.1) is 11.1 Å². The SMILES string of the molecule is CC(C)c1cc(OC(=O)C2=C(C(=O)Oc3cc(C(C)C)cc(C(C)C)c3)C3CCC2C3(C)C)cc(C(C)C)c1. The maximum absolute atomic E-state index is 13.8. The fraction of sp³-hybridized carbons (Fsp3) is 0.543. The Balaban J connectivity index is 1.71. The van der Waals surface area contributed by atoms with Crippen molar-refractivity contribution < 1.29 is 19.1 Å². The second kappa shape index (κ2) is 10.9. The van der Waals surface area contributed by atoms with Crippen LogP contribution in [0, 0.1) is 17.3 Å². The zero-order chi connectivity index (χ0) is 28.8. The average molecular weight is 531 g/mol. The molecule has 0 aliphatic heterocycles. The third-order valence-electron chi connectivity index (χ3n) is 8.96. The highest BCUT2D eigenvalue weighted by atomic mass is 16.5. The van der Waals surface area contributed by atoms with Crippen LogP contribution in [0.15, 0.2) is 47.5 Å². The number of carbonyl (C=O) groups is 2. The molecule has 2 aromatic rings. The van der Waals surface area contributed by atoms with Gasteiger partial charge in [-0.3, -0.25) is 0 Å². The molecule has 210 valence electrons. The highest BCUT2D eigenvalue weighted by Gasteiger charge is 2.57. The molecule has 2 aliphatic rings. The molecule has 1 fully saturated rings. The van der Waals surface area contributed by atoms with Crippen molar-refractivity contribution in [1.82, 2.24) is 0 Å². The van der Waals surface area contributed by atoms with Crippen molar-refractivity contribution in [2.75, 3.05) is 0 Å². The van der Waals surface area contributed by atoms with Gasteiger partial charge in [0.15, 0.2) is 0 Å². The lowest BCUT2D eigenvalue weighted by molar-refractivity contribution is -0.133. The zero-order valence-corrected chi connectivity index (χ0v) is 25.5. The van der Waals surface area contributed by atoms with E-state index in [9.17, 15) is 9.59 Å². The Hall–Kier alpha value is -2.88. The van der Waals surface area contributed by atoms with Crippen molar-refractivity contribution in [3.63, 3.8) is 0 Å². The van der Waals surface area contributed by atoms with Crippen molar-refractivity contribution in [1.29, 1.82) is 0 Å². The Bertz CT molecular complexity index is 1140. The first-order valence-corrected chi connectivity index (χ1v) is 14.7. The van der Waals surface area contributed by atoms with E-state index < -0.39 is 11.9 Å². The summed E-state index contributed by atoms with van der Waals surface area (Å²) < 4.78 is 12.1. The highest BCUT2D eigenvalue weighted by Crippen LogP contribution is 2.60. The largest absolute Gasteiger partial charge is 0.423 e. The quantitative estimate of drug-likeness (QED) is 0.252. The molecule has 0 radical (unpaired) electrons. The molecule has 0 spiro atoms. The molecule has 0 saturated heterocycles. The van der Waals surface area contributed by atoms with Gasteiger partial charge in [-0.1, -0.05) is 81.4 Å². The molecule has 1 saturated carbocycles. The Morgan fingerprint density at radius 1 is 0.590 bits per heavy atom. The molecule has 2 atom stereocenters. The fourth-order valence-electron chi connectivity index (χ4n) is 6.30. The maximum Gasteiger partial charge on any atom is 0.340 e. The Labute approximate surface area is 235 Å².